The maximum absolute atomic E-state index is 14.2. The van der Waals surface area contributed by atoms with Gasteiger partial charge >= 0.3 is 0 Å². The zero-order valence-electron chi connectivity index (χ0n) is 23.9. The third-order valence-corrected chi connectivity index (χ3v) is 7.99. The van der Waals surface area contributed by atoms with Gasteiger partial charge in [0.15, 0.2) is 0 Å². The number of aryl methyl sites for hydroxylation is 1. The highest BCUT2D eigenvalue weighted by molar-refractivity contribution is 5.88. The first-order chi connectivity index (χ1) is 19.4. The molecule has 2 amide bonds. The van der Waals surface area contributed by atoms with Gasteiger partial charge in [0, 0.05) is 24.9 Å². The Kier molecular flexibility index (Phi) is 9.98. The summed E-state index contributed by atoms with van der Waals surface area (Å²) in [5, 5.41) is 0. The summed E-state index contributed by atoms with van der Waals surface area (Å²) in [6.07, 6.45) is 8.40. The van der Waals surface area contributed by atoms with Gasteiger partial charge in [-0.1, -0.05) is 62.6 Å². The molecule has 4 rings (SSSR count). The first kappa shape index (κ1) is 29.3. The molecule has 40 heavy (non-hydrogen) atoms. The topological polar surface area (TPSA) is 111 Å². The fourth-order valence-electron chi connectivity index (χ4n) is 5.67. The van der Waals surface area contributed by atoms with Crippen LogP contribution in [0, 0.1) is 18.8 Å². The Labute approximate surface area is 237 Å². The smallest absolute Gasteiger partial charge is 0.227 e. The number of rotatable bonds is 15. The van der Waals surface area contributed by atoms with E-state index in [9.17, 15) is 9.59 Å². The van der Waals surface area contributed by atoms with Gasteiger partial charge in [-0.05, 0) is 48.6 Å². The fourth-order valence-corrected chi connectivity index (χ4v) is 5.67. The molecule has 3 N–H and O–H groups in total. The number of H-pyrrole nitrogens is 1. The van der Waals surface area contributed by atoms with Crippen LogP contribution in [0.15, 0.2) is 61.1 Å². The van der Waals surface area contributed by atoms with Crippen LogP contribution < -0.4 is 10.5 Å². The summed E-state index contributed by atoms with van der Waals surface area (Å²) >= 11 is 0. The number of nitrogens with one attached hydrogen (secondary N) is 1. The largest absolute Gasteiger partial charge is 0.497 e. The number of benzene rings is 2. The summed E-state index contributed by atoms with van der Waals surface area (Å²) in [7, 11) is 1.62. The molecule has 3 aromatic rings. The van der Waals surface area contributed by atoms with Crippen LogP contribution in [0.5, 0.6) is 5.75 Å². The van der Waals surface area contributed by atoms with Crippen LogP contribution in [0.4, 0.5) is 0 Å². The van der Waals surface area contributed by atoms with Crippen molar-refractivity contribution in [3.05, 3.63) is 83.4 Å². The third kappa shape index (κ3) is 6.91. The van der Waals surface area contributed by atoms with Crippen LogP contribution in [0.25, 0.3) is 0 Å². The monoisotopic (exact) mass is 546 g/mol. The maximum atomic E-state index is 14.2. The highest BCUT2D eigenvalue weighted by Gasteiger charge is 2.50. The first-order valence-electron chi connectivity index (χ1n) is 14.2. The normalized spacial score (nSPS) is 15.7. The van der Waals surface area contributed by atoms with Crippen molar-refractivity contribution in [1.29, 1.82) is 0 Å². The minimum absolute atomic E-state index is 0.0853. The summed E-state index contributed by atoms with van der Waals surface area (Å²) in [5.74, 6) is -1.18. The summed E-state index contributed by atoms with van der Waals surface area (Å²) in [6, 6.07) is 15.8. The van der Waals surface area contributed by atoms with Gasteiger partial charge < -0.3 is 25.1 Å². The van der Waals surface area contributed by atoms with Crippen LogP contribution in [0.1, 0.15) is 55.0 Å². The van der Waals surface area contributed by atoms with E-state index < -0.39 is 23.3 Å². The van der Waals surface area contributed by atoms with Crippen molar-refractivity contribution in [2.75, 3.05) is 26.8 Å². The van der Waals surface area contributed by atoms with E-state index in [1.165, 1.54) is 12.8 Å². The molecule has 0 radical (unpaired) electrons. The van der Waals surface area contributed by atoms with Gasteiger partial charge in [0.25, 0.3) is 0 Å². The van der Waals surface area contributed by atoms with E-state index in [2.05, 4.69) is 35.9 Å². The standard InChI is InChI=1S/C32H42N4O4/c1-4-5-6-9-16-40-32(29-11-8-7-10-23(29)2)20-36(21-32)31(38)28(17-24-12-14-26(39-3)15-13-24)27(30(33)37)18-25-19-34-22-35-25/h7-8,10-15,19,22,27-28H,4-6,9,16-18,20-21H2,1-3H3,(H2,33,37)(H,34,35)/t27?,28-/m1/s1. The molecule has 2 aromatic carbocycles. The van der Waals surface area contributed by atoms with Crippen LogP contribution >= 0.6 is 0 Å². The lowest BCUT2D eigenvalue weighted by atomic mass is 9.78. The van der Waals surface area contributed by atoms with Gasteiger partial charge in [0.05, 0.1) is 38.4 Å². The lowest BCUT2D eigenvalue weighted by Gasteiger charge is -2.51. The third-order valence-electron chi connectivity index (χ3n) is 7.99. The number of aromatic amines is 1. The number of likely N-dealkylation sites (tertiary alicyclic amines) is 1. The molecule has 0 saturated carbocycles. The molecule has 0 bridgehead atoms. The molecule has 1 aliphatic rings. The Balaban J connectivity index is 1.57. The van der Waals surface area contributed by atoms with Crippen molar-refractivity contribution in [2.24, 2.45) is 17.6 Å². The Bertz CT molecular complexity index is 1240. The van der Waals surface area contributed by atoms with E-state index in [1.807, 2.05) is 41.3 Å². The van der Waals surface area contributed by atoms with Crippen LogP contribution in [-0.4, -0.2) is 53.5 Å². The quantitative estimate of drug-likeness (QED) is 0.272. The van der Waals surface area contributed by atoms with Gasteiger partial charge in [-0.25, -0.2) is 4.98 Å². The minimum Gasteiger partial charge on any atom is -0.497 e. The number of hydrogen-bond donors (Lipinski definition) is 2. The molecule has 1 unspecified atom stereocenters. The number of unbranched alkanes of at least 4 members (excludes halogenated alkanes) is 3. The van der Waals surface area contributed by atoms with Crippen molar-refractivity contribution < 1.29 is 19.1 Å². The van der Waals surface area contributed by atoms with E-state index in [-0.39, 0.29) is 5.91 Å². The Morgan fingerprint density at radius 2 is 1.80 bits per heavy atom. The lowest BCUT2D eigenvalue weighted by Crippen LogP contribution is -2.64. The van der Waals surface area contributed by atoms with Gasteiger partial charge in [-0.15, -0.1) is 0 Å². The molecule has 8 heteroatoms. The Morgan fingerprint density at radius 3 is 2.42 bits per heavy atom. The molecule has 0 spiro atoms. The summed E-state index contributed by atoms with van der Waals surface area (Å²) in [4.78, 5) is 35.9. The summed E-state index contributed by atoms with van der Waals surface area (Å²) < 4.78 is 11.9. The lowest BCUT2D eigenvalue weighted by molar-refractivity contribution is -0.178. The number of aromatic nitrogens is 2. The number of imidazole rings is 1. The summed E-state index contributed by atoms with van der Waals surface area (Å²) in [5.41, 5.74) is 9.35. The highest BCUT2D eigenvalue weighted by atomic mass is 16.5. The predicted octanol–water partition coefficient (Wildman–Crippen LogP) is 4.56. The molecule has 1 fully saturated rings. The number of nitrogens with zero attached hydrogens (tertiary/aromatic N) is 2. The van der Waals surface area contributed by atoms with Crippen molar-refractivity contribution >= 4 is 11.8 Å². The number of carbonyl (C=O) groups is 2. The number of hydrogen-bond acceptors (Lipinski definition) is 5. The van der Waals surface area contributed by atoms with E-state index in [1.54, 1.807) is 19.6 Å². The van der Waals surface area contributed by atoms with Gasteiger partial charge in [-0.2, -0.15) is 0 Å². The molecular weight excluding hydrogens is 504 g/mol. The molecule has 0 aliphatic carbocycles. The second kappa shape index (κ2) is 13.6. The molecule has 8 nitrogen and oxygen atoms in total. The first-order valence-corrected chi connectivity index (χ1v) is 14.2. The average molecular weight is 547 g/mol. The van der Waals surface area contributed by atoms with Crippen molar-refractivity contribution in [3.63, 3.8) is 0 Å². The van der Waals surface area contributed by atoms with Crippen molar-refractivity contribution in [3.8, 4) is 5.75 Å². The average Bonchev–Trinajstić information content (AvgIpc) is 3.45. The van der Waals surface area contributed by atoms with E-state index in [0.717, 1.165) is 41.0 Å². The SMILES string of the molecule is CCCCCCOC1(c2ccccc2C)CN(C(=O)[C@H](Cc2ccc(OC)cc2)C(Cc2cnc[nH]2)C(N)=O)C1. The van der Waals surface area contributed by atoms with E-state index in [0.29, 0.717) is 32.5 Å². The summed E-state index contributed by atoms with van der Waals surface area (Å²) in [6.45, 7) is 5.81. The minimum atomic E-state index is -0.696. The van der Waals surface area contributed by atoms with E-state index in [4.69, 9.17) is 15.2 Å². The number of carbonyl (C=O) groups excluding carboxylic acids is 2. The molecule has 214 valence electrons. The Morgan fingerprint density at radius 1 is 1.05 bits per heavy atom. The number of ether oxygens (including phenoxy) is 2. The predicted molar refractivity (Wildman–Crippen MR) is 155 cm³/mol. The number of methoxy groups -OCH3 is 1. The molecular formula is C32H42N4O4. The van der Waals surface area contributed by atoms with Gasteiger partial charge in [0.1, 0.15) is 11.4 Å². The number of nitrogens with two attached hydrogens (primary N) is 1. The molecule has 1 saturated heterocycles. The fraction of sp³-hybridized carbons (Fsp3) is 0.469. The van der Waals surface area contributed by atoms with E-state index >= 15 is 0 Å². The van der Waals surface area contributed by atoms with Crippen LogP contribution in [-0.2, 0) is 32.8 Å². The number of amides is 2. The van der Waals surface area contributed by atoms with Crippen molar-refractivity contribution in [2.45, 2.75) is 58.0 Å². The maximum Gasteiger partial charge on any atom is 0.227 e. The van der Waals surface area contributed by atoms with Gasteiger partial charge in [0.2, 0.25) is 11.8 Å². The zero-order chi connectivity index (χ0) is 28.5. The van der Waals surface area contributed by atoms with Crippen molar-refractivity contribution in [1.82, 2.24) is 14.9 Å². The van der Waals surface area contributed by atoms with Gasteiger partial charge in [-0.3, -0.25) is 9.59 Å². The highest BCUT2D eigenvalue weighted by Crippen LogP contribution is 2.40. The number of primary amides is 1. The molecule has 1 aromatic heterocycles. The molecule has 2 heterocycles. The second-order valence-corrected chi connectivity index (χ2v) is 10.9. The second-order valence-electron chi connectivity index (χ2n) is 10.9. The van der Waals surface area contributed by atoms with Crippen LogP contribution in [0.2, 0.25) is 0 Å². The Hall–Kier alpha value is -3.65. The molecule has 2 atom stereocenters. The van der Waals surface area contributed by atoms with Crippen LogP contribution in [0.3, 0.4) is 0 Å². The zero-order valence-corrected chi connectivity index (χ0v) is 23.9. The molecule has 1 aliphatic heterocycles.